The van der Waals surface area contributed by atoms with Gasteiger partial charge in [0, 0.05) is 54.7 Å². The molecule has 4 heterocycles. The van der Waals surface area contributed by atoms with Crippen LogP contribution in [0.25, 0.3) is 31.8 Å². The summed E-state index contributed by atoms with van der Waals surface area (Å²) in [7, 11) is 0. The molecule has 5 rings (SSSR count). The third-order valence-corrected chi connectivity index (χ3v) is 7.00. The number of anilines is 1. The normalized spacial score (nSPS) is 14.4. The van der Waals surface area contributed by atoms with E-state index < -0.39 is 11.8 Å². The smallest absolute Gasteiger partial charge is 0.317 e. The van der Waals surface area contributed by atoms with E-state index in [9.17, 15) is 13.6 Å². The quantitative estimate of drug-likeness (QED) is 0.332. The molecule has 0 spiro atoms. The number of nitrogens with one attached hydrogen (secondary N) is 2. The maximum absolute atomic E-state index is 14.8. The lowest BCUT2D eigenvalue weighted by Gasteiger charge is -2.14. The SMILES string of the molecule is CC(N)c1cnc(F)cc1-c1cccc2cc(-c3nc(NCCN4CCNC4=O)ncc3F)sc12. The zero-order valence-corrected chi connectivity index (χ0v) is 19.7. The Morgan fingerprint density at radius 2 is 2.09 bits per heavy atom. The van der Waals surface area contributed by atoms with Crippen LogP contribution in [0.1, 0.15) is 18.5 Å². The Morgan fingerprint density at radius 1 is 1.23 bits per heavy atom. The third-order valence-electron chi connectivity index (χ3n) is 5.81. The zero-order chi connectivity index (χ0) is 24.5. The van der Waals surface area contributed by atoms with Crippen molar-refractivity contribution in [2.75, 3.05) is 31.5 Å². The fourth-order valence-corrected chi connectivity index (χ4v) is 5.26. The van der Waals surface area contributed by atoms with E-state index in [2.05, 4.69) is 25.6 Å². The van der Waals surface area contributed by atoms with Crippen molar-refractivity contribution >= 4 is 33.4 Å². The number of amides is 2. The summed E-state index contributed by atoms with van der Waals surface area (Å²) < 4.78 is 29.7. The van der Waals surface area contributed by atoms with Crippen LogP contribution in [0.5, 0.6) is 0 Å². The molecule has 0 aliphatic carbocycles. The van der Waals surface area contributed by atoms with Gasteiger partial charge in [-0.25, -0.2) is 24.1 Å². The van der Waals surface area contributed by atoms with Crippen LogP contribution in [0.3, 0.4) is 0 Å². The number of carbonyl (C=O) groups is 1. The van der Waals surface area contributed by atoms with Crippen LogP contribution >= 0.6 is 11.3 Å². The first-order valence-corrected chi connectivity index (χ1v) is 12.0. The van der Waals surface area contributed by atoms with Crippen molar-refractivity contribution in [1.29, 1.82) is 0 Å². The second kappa shape index (κ2) is 9.51. The molecule has 1 aliphatic rings. The van der Waals surface area contributed by atoms with E-state index in [4.69, 9.17) is 5.73 Å². The number of thiophene rings is 1. The Bertz CT molecular complexity index is 1410. The number of benzene rings is 1. The highest BCUT2D eigenvalue weighted by atomic mass is 32.1. The van der Waals surface area contributed by atoms with E-state index in [1.807, 2.05) is 31.2 Å². The van der Waals surface area contributed by atoms with Crippen LogP contribution in [0, 0.1) is 11.8 Å². The molecular weight excluding hydrogens is 472 g/mol. The molecule has 1 aromatic carbocycles. The van der Waals surface area contributed by atoms with Crippen molar-refractivity contribution in [1.82, 2.24) is 25.2 Å². The first-order valence-electron chi connectivity index (χ1n) is 11.1. The molecule has 1 unspecified atom stereocenters. The number of hydrogen-bond donors (Lipinski definition) is 3. The molecule has 1 aliphatic heterocycles. The number of halogens is 2. The summed E-state index contributed by atoms with van der Waals surface area (Å²) in [6.45, 7) is 4.01. The van der Waals surface area contributed by atoms with Gasteiger partial charge < -0.3 is 21.3 Å². The number of nitrogens with zero attached hydrogens (tertiary/aromatic N) is 4. The number of urea groups is 1. The summed E-state index contributed by atoms with van der Waals surface area (Å²) >= 11 is 1.36. The molecule has 4 N–H and O–H groups in total. The number of aromatic nitrogens is 3. The monoisotopic (exact) mass is 495 g/mol. The van der Waals surface area contributed by atoms with Gasteiger partial charge in [0.2, 0.25) is 11.9 Å². The number of rotatable bonds is 7. The molecule has 3 aromatic heterocycles. The van der Waals surface area contributed by atoms with Crippen LogP contribution in [-0.2, 0) is 0 Å². The van der Waals surface area contributed by atoms with Gasteiger partial charge in [0.25, 0.3) is 0 Å². The Balaban J connectivity index is 1.47. The van der Waals surface area contributed by atoms with Crippen molar-refractivity contribution < 1.29 is 13.6 Å². The van der Waals surface area contributed by atoms with Crippen LogP contribution < -0.4 is 16.4 Å². The Labute approximate surface area is 204 Å². The summed E-state index contributed by atoms with van der Waals surface area (Å²) in [6, 6.07) is 8.47. The van der Waals surface area contributed by atoms with E-state index in [-0.39, 0.29) is 23.7 Å². The van der Waals surface area contributed by atoms with Gasteiger partial charge in [-0.3, -0.25) is 0 Å². The largest absolute Gasteiger partial charge is 0.352 e. The molecule has 11 heteroatoms. The van der Waals surface area contributed by atoms with Crippen molar-refractivity contribution in [3.63, 3.8) is 0 Å². The van der Waals surface area contributed by atoms with Crippen molar-refractivity contribution in [2.45, 2.75) is 13.0 Å². The first kappa shape index (κ1) is 23.1. The van der Waals surface area contributed by atoms with Gasteiger partial charge in [0.1, 0.15) is 5.69 Å². The summed E-state index contributed by atoms with van der Waals surface area (Å²) in [5, 5.41) is 6.68. The fraction of sp³-hybridized carbons (Fsp3) is 0.250. The van der Waals surface area contributed by atoms with E-state index in [1.165, 1.54) is 23.6 Å². The third kappa shape index (κ3) is 4.64. The maximum Gasteiger partial charge on any atom is 0.317 e. The number of pyridine rings is 1. The molecular formula is C24H23F2N7OS. The van der Waals surface area contributed by atoms with Gasteiger partial charge in [-0.1, -0.05) is 18.2 Å². The highest BCUT2D eigenvalue weighted by Gasteiger charge is 2.20. The number of fused-ring (bicyclic) bond motifs is 1. The minimum Gasteiger partial charge on any atom is -0.352 e. The molecule has 35 heavy (non-hydrogen) atoms. The summed E-state index contributed by atoms with van der Waals surface area (Å²) in [5.74, 6) is -0.870. The number of hydrogen-bond acceptors (Lipinski definition) is 7. The lowest BCUT2D eigenvalue weighted by molar-refractivity contribution is 0.219. The van der Waals surface area contributed by atoms with Crippen LogP contribution in [0.2, 0.25) is 0 Å². The number of nitrogens with two attached hydrogens (primary N) is 1. The molecule has 2 amide bonds. The van der Waals surface area contributed by atoms with E-state index in [0.29, 0.717) is 36.6 Å². The van der Waals surface area contributed by atoms with Gasteiger partial charge in [0.05, 0.1) is 11.1 Å². The summed E-state index contributed by atoms with van der Waals surface area (Å²) in [5.41, 5.74) is 8.45. The molecule has 180 valence electrons. The molecule has 8 nitrogen and oxygen atoms in total. The predicted octanol–water partition coefficient (Wildman–Crippen LogP) is 4.16. The predicted molar refractivity (Wildman–Crippen MR) is 132 cm³/mol. The first-order chi connectivity index (χ1) is 16.9. The standard InChI is InChI=1S/C24H23F2N7OS/c1-13(27)17-11-30-20(26)10-16(17)15-4-2-3-14-9-19(35-22(14)15)21-18(25)12-31-23(32-21)28-5-7-33-8-6-29-24(33)34/h2-4,9-13H,5-8,27H2,1H3,(H,29,34)(H,28,31,32). The van der Waals surface area contributed by atoms with Crippen molar-refractivity contribution in [3.8, 4) is 21.7 Å². The van der Waals surface area contributed by atoms with Crippen molar-refractivity contribution in [2.24, 2.45) is 5.73 Å². The molecule has 1 atom stereocenters. The summed E-state index contributed by atoms with van der Waals surface area (Å²) in [6.07, 6.45) is 2.58. The molecule has 0 saturated carbocycles. The van der Waals surface area contributed by atoms with Gasteiger partial charge in [-0.2, -0.15) is 4.39 Å². The molecule has 1 saturated heterocycles. The van der Waals surface area contributed by atoms with Gasteiger partial charge >= 0.3 is 6.03 Å². The van der Waals surface area contributed by atoms with E-state index >= 15 is 0 Å². The lowest BCUT2D eigenvalue weighted by atomic mass is 9.97. The Hall–Kier alpha value is -3.70. The Morgan fingerprint density at radius 3 is 2.86 bits per heavy atom. The second-order valence-corrected chi connectivity index (χ2v) is 9.31. The maximum atomic E-state index is 14.8. The van der Waals surface area contributed by atoms with E-state index in [1.54, 1.807) is 4.90 Å². The topological polar surface area (TPSA) is 109 Å². The Kier molecular flexibility index (Phi) is 6.27. The molecule has 0 bridgehead atoms. The number of carbonyl (C=O) groups excluding carboxylic acids is 1. The van der Waals surface area contributed by atoms with Crippen LogP contribution in [0.15, 0.2) is 42.7 Å². The molecule has 0 radical (unpaired) electrons. The minimum atomic E-state index is -0.595. The van der Waals surface area contributed by atoms with Crippen LogP contribution in [0.4, 0.5) is 19.5 Å². The highest BCUT2D eigenvalue weighted by molar-refractivity contribution is 7.22. The lowest BCUT2D eigenvalue weighted by Crippen LogP contribution is -2.32. The van der Waals surface area contributed by atoms with Crippen LogP contribution in [-0.4, -0.2) is 52.1 Å². The van der Waals surface area contributed by atoms with Gasteiger partial charge in [-0.15, -0.1) is 11.3 Å². The average molecular weight is 496 g/mol. The van der Waals surface area contributed by atoms with Crippen molar-refractivity contribution in [3.05, 3.63) is 60.1 Å². The van der Waals surface area contributed by atoms with Gasteiger partial charge in [0.15, 0.2) is 5.82 Å². The second-order valence-electron chi connectivity index (χ2n) is 8.25. The fourth-order valence-electron chi connectivity index (χ4n) is 4.08. The zero-order valence-electron chi connectivity index (χ0n) is 18.9. The van der Waals surface area contributed by atoms with Gasteiger partial charge in [-0.05, 0) is 29.5 Å². The average Bonchev–Trinajstić information content (AvgIpc) is 3.45. The summed E-state index contributed by atoms with van der Waals surface area (Å²) in [4.78, 5) is 26.1. The molecule has 4 aromatic rings. The highest BCUT2D eigenvalue weighted by Crippen LogP contribution is 2.41. The molecule has 1 fully saturated rings. The minimum absolute atomic E-state index is 0.102. The van der Waals surface area contributed by atoms with E-state index in [0.717, 1.165) is 27.4 Å².